The van der Waals surface area contributed by atoms with E-state index < -0.39 is 6.10 Å². The Hall–Kier alpha value is -2.57. The molecule has 2 unspecified atom stereocenters. The molecule has 0 saturated heterocycles. The van der Waals surface area contributed by atoms with Gasteiger partial charge in [-0.1, -0.05) is 12.1 Å². The maximum Gasteiger partial charge on any atom is 0.268 e. The number of ether oxygens (including phenoxy) is 2. The minimum Gasteiger partial charge on any atom is -0.482 e. The summed E-state index contributed by atoms with van der Waals surface area (Å²) in [6.07, 6.45) is -0.973. The molecule has 0 N–H and O–H groups in total. The van der Waals surface area contributed by atoms with E-state index in [9.17, 15) is 4.79 Å². The van der Waals surface area contributed by atoms with Crippen LogP contribution in [0.1, 0.15) is 18.6 Å². The predicted octanol–water partition coefficient (Wildman–Crippen LogP) is 1.16. The van der Waals surface area contributed by atoms with Gasteiger partial charge in [-0.15, -0.1) is 10.2 Å². The van der Waals surface area contributed by atoms with Crippen LogP contribution >= 0.6 is 0 Å². The van der Waals surface area contributed by atoms with Gasteiger partial charge in [-0.05, 0) is 26.0 Å². The Morgan fingerprint density at radius 2 is 1.91 bits per heavy atom. The summed E-state index contributed by atoms with van der Waals surface area (Å²) in [4.78, 5) is 14.6. The number of hydrogen-bond donors (Lipinski definition) is 0. The number of amides is 1. The van der Waals surface area contributed by atoms with Crippen LogP contribution < -0.4 is 9.47 Å². The molecule has 0 radical (unpaired) electrons. The van der Waals surface area contributed by atoms with Crippen molar-refractivity contribution in [2.24, 2.45) is 0 Å². The van der Waals surface area contributed by atoms with Crippen LogP contribution in [0.25, 0.3) is 0 Å². The van der Waals surface area contributed by atoms with Crippen LogP contribution in [0.4, 0.5) is 0 Å². The second kappa shape index (κ2) is 5.26. The van der Waals surface area contributed by atoms with Crippen molar-refractivity contribution < 1.29 is 14.3 Å². The summed E-state index contributed by atoms with van der Waals surface area (Å²) in [5.41, 5.74) is 0. The van der Waals surface area contributed by atoms with Gasteiger partial charge in [0.25, 0.3) is 5.91 Å². The highest BCUT2D eigenvalue weighted by Gasteiger charge is 2.38. The molecule has 2 atom stereocenters. The number of rotatable bonds is 1. The van der Waals surface area contributed by atoms with E-state index in [1.54, 1.807) is 4.90 Å². The highest BCUT2D eigenvalue weighted by Crippen LogP contribution is 2.34. The zero-order valence-corrected chi connectivity index (χ0v) is 13.1. The first-order chi connectivity index (χ1) is 11.1. The molecule has 2 aliphatic rings. The Labute approximate surface area is 133 Å². The zero-order valence-electron chi connectivity index (χ0n) is 13.1. The molecule has 0 aliphatic carbocycles. The molecule has 0 spiro atoms. The van der Waals surface area contributed by atoms with Crippen molar-refractivity contribution in [1.82, 2.24) is 19.7 Å². The number of carbonyl (C=O) groups is 1. The van der Waals surface area contributed by atoms with E-state index >= 15 is 0 Å². The van der Waals surface area contributed by atoms with Crippen molar-refractivity contribution in [3.63, 3.8) is 0 Å². The molecule has 4 rings (SSSR count). The summed E-state index contributed by atoms with van der Waals surface area (Å²) in [5, 5.41) is 8.20. The summed E-state index contributed by atoms with van der Waals surface area (Å²) in [5.74, 6) is 2.91. The first kappa shape index (κ1) is 14.0. The van der Waals surface area contributed by atoms with Crippen molar-refractivity contribution >= 4 is 5.91 Å². The van der Waals surface area contributed by atoms with Gasteiger partial charge in [-0.3, -0.25) is 4.79 Å². The molecule has 0 fully saturated rings. The first-order valence-corrected chi connectivity index (χ1v) is 7.73. The second-order valence-corrected chi connectivity index (χ2v) is 5.88. The fourth-order valence-corrected chi connectivity index (χ4v) is 3.06. The summed E-state index contributed by atoms with van der Waals surface area (Å²) >= 11 is 0. The number of aromatic nitrogens is 3. The lowest BCUT2D eigenvalue weighted by atomic mass is 10.1. The molecule has 23 heavy (non-hydrogen) atoms. The van der Waals surface area contributed by atoms with Crippen LogP contribution in [-0.4, -0.2) is 44.3 Å². The van der Waals surface area contributed by atoms with Gasteiger partial charge in [0, 0.05) is 13.1 Å². The Bertz CT molecular complexity index is 758. The van der Waals surface area contributed by atoms with Crippen LogP contribution in [0.15, 0.2) is 24.3 Å². The minimum atomic E-state index is -0.638. The van der Waals surface area contributed by atoms with E-state index in [0.717, 1.165) is 11.6 Å². The molecule has 0 bridgehead atoms. The van der Waals surface area contributed by atoms with E-state index in [1.165, 1.54) is 0 Å². The maximum absolute atomic E-state index is 12.9. The summed E-state index contributed by atoms with van der Waals surface area (Å²) < 4.78 is 13.8. The fraction of sp³-hybridized carbons (Fsp3) is 0.438. The zero-order chi connectivity index (χ0) is 16.0. The number of carbonyl (C=O) groups excluding carboxylic acids is 1. The monoisotopic (exact) mass is 314 g/mol. The van der Waals surface area contributed by atoms with Gasteiger partial charge in [0.05, 0.1) is 6.54 Å². The number of benzene rings is 1. The molecular formula is C16H18N4O3. The molecule has 1 amide bonds. The first-order valence-electron chi connectivity index (χ1n) is 7.73. The SMILES string of the molecule is Cc1nnc2n1CCN(C(=O)C1Oc3ccccc3OC1C)C2. The molecule has 1 aromatic carbocycles. The molecule has 7 heteroatoms. The Balaban J connectivity index is 1.54. The predicted molar refractivity (Wildman–Crippen MR) is 81.1 cm³/mol. The van der Waals surface area contributed by atoms with E-state index in [-0.39, 0.29) is 12.0 Å². The number of para-hydroxylation sites is 2. The van der Waals surface area contributed by atoms with Crippen molar-refractivity contribution in [2.45, 2.75) is 39.1 Å². The summed E-state index contributed by atoms with van der Waals surface area (Å²) in [6, 6.07) is 7.42. The fourth-order valence-electron chi connectivity index (χ4n) is 3.06. The lowest BCUT2D eigenvalue weighted by molar-refractivity contribution is -0.146. The standard InChI is InChI=1S/C16H18N4O3/c1-10-15(23-13-6-4-3-5-12(13)22-10)16(21)19-7-8-20-11(2)17-18-14(20)9-19/h3-6,10,15H,7-9H2,1-2H3. The molecule has 1 aromatic heterocycles. The molecular weight excluding hydrogens is 296 g/mol. The lowest BCUT2D eigenvalue weighted by Gasteiger charge is -2.35. The lowest BCUT2D eigenvalue weighted by Crippen LogP contribution is -2.52. The molecule has 2 aromatic rings. The van der Waals surface area contributed by atoms with Gasteiger partial charge in [0.2, 0.25) is 6.10 Å². The number of nitrogens with zero attached hydrogens (tertiary/aromatic N) is 4. The van der Waals surface area contributed by atoms with Crippen LogP contribution in [0.3, 0.4) is 0 Å². The van der Waals surface area contributed by atoms with Gasteiger partial charge < -0.3 is 18.9 Å². The number of hydrogen-bond acceptors (Lipinski definition) is 5. The maximum atomic E-state index is 12.9. The molecule has 0 saturated carbocycles. The third-order valence-electron chi connectivity index (χ3n) is 4.34. The van der Waals surface area contributed by atoms with E-state index in [0.29, 0.717) is 31.1 Å². The average molecular weight is 314 g/mol. The topological polar surface area (TPSA) is 69.5 Å². The van der Waals surface area contributed by atoms with Gasteiger partial charge >= 0.3 is 0 Å². The van der Waals surface area contributed by atoms with Crippen LogP contribution in [0.5, 0.6) is 11.5 Å². The van der Waals surface area contributed by atoms with Crippen LogP contribution in [-0.2, 0) is 17.9 Å². The smallest absolute Gasteiger partial charge is 0.268 e. The Morgan fingerprint density at radius 3 is 2.70 bits per heavy atom. The van der Waals surface area contributed by atoms with E-state index in [2.05, 4.69) is 10.2 Å². The van der Waals surface area contributed by atoms with E-state index in [1.807, 2.05) is 42.7 Å². The quantitative estimate of drug-likeness (QED) is 0.790. The van der Waals surface area contributed by atoms with Crippen molar-refractivity contribution in [3.05, 3.63) is 35.9 Å². The van der Waals surface area contributed by atoms with E-state index in [4.69, 9.17) is 9.47 Å². The van der Waals surface area contributed by atoms with Gasteiger partial charge in [-0.25, -0.2) is 0 Å². The minimum absolute atomic E-state index is 0.0705. The molecule has 7 nitrogen and oxygen atoms in total. The van der Waals surface area contributed by atoms with Crippen LogP contribution in [0, 0.1) is 6.92 Å². The number of fused-ring (bicyclic) bond motifs is 2. The number of aryl methyl sites for hydroxylation is 1. The molecule has 2 aliphatic heterocycles. The summed E-state index contributed by atoms with van der Waals surface area (Å²) in [6.45, 7) is 5.56. The Morgan fingerprint density at radius 1 is 1.17 bits per heavy atom. The third kappa shape index (κ3) is 2.32. The van der Waals surface area contributed by atoms with Gasteiger partial charge in [-0.2, -0.15) is 0 Å². The molecule has 120 valence electrons. The van der Waals surface area contributed by atoms with Crippen molar-refractivity contribution in [2.75, 3.05) is 6.54 Å². The van der Waals surface area contributed by atoms with Gasteiger partial charge in [0.1, 0.15) is 11.9 Å². The second-order valence-electron chi connectivity index (χ2n) is 5.88. The van der Waals surface area contributed by atoms with Crippen molar-refractivity contribution in [3.8, 4) is 11.5 Å². The van der Waals surface area contributed by atoms with Gasteiger partial charge in [0.15, 0.2) is 17.3 Å². The summed E-state index contributed by atoms with van der Waals surface area (Å²) in [7, 11) is 0. The largest absolute Gasteiger partial charge is 0.482 e. The normalized spacial score (nSPS) is 22.6. The van der Waals surface area contributed by atoms with Crippen LogP contribution in [0.2, 0.25) is 0 Å². The highest BCUT2D eigenvalue weighted by molar-refractivity contribution is 5.82. The third-order valence-corrected chi connectivity index (χ3v) is 4.34. The highest BCUT2D eigenvalue weighted by atomic mass is 16.6. The molecule has 3 heterocycles. The average Bonchev–Trinajstić information content (AvgIpc) is 2.94. The van der Waals surface area contributed by atoms with Crippen molar-refractivity contribution in [1.29, 1.82) is 0 Å². The Kier molecular flexibility index (Phi) is 3.21.